The highest BCUT2D eigenvalue weighted by atomic mass is 32.2. The largest absolute Gasteiger partial charge is 0.298 e. The molecule has 2 saturated heterocycles. The van der Waals surface area contributed by atoms with Gasteiger partial charge >= 0.3 is 0 Å². The van der Waals surface area contributed by atoms with Crippen LogP contribution in [0.4, 0.5) is 0 Å². The van der Waals surface area contributed by atoms with Crippen LogP contribution in [0.25, 0.3) is 0 Å². The lowest BCUT2D eigenvalue weighted by Crippen LogP contribution is -2.61. The molecule has 0 amide bonds. The van der Waals surface area contributed by atoms with Gasteiger partial charge in [-0.1, -0.05) is 19.8 Å². The second-order valence-corrected chi connectivity index (χ2v) is 8.20. The second-order valence-electron chi connectivity index (χ2n) is 6.68. The molecule has 4 atom stereocenters. The summed E-state index contributed by atoms with van der Waals surface area (Å²) in [5.74, 6) is 1.29. The molecule has 4 unspecified atom stereocenters. The molecule has 3 heteroatoms. The van der Waals surface area contributed by atoms with Crippen LogP contribution in [-0.2, 0) is 0 Å². The minimum Gasteiger partial charge on any atom is -0.298 e. The third-order valence-corrected chi connectivity index (χ3v) is 6.77. The van der Waals surface area contributed by atoms with Crippen molar-refractivity contribution >= 4 is 11.8 Å². The van der Waals surface area contributed by atoms with Gasteiger partial charge in [0, 0.05) is 36.5 Å². The van der Waals surface area contributed by atoms with Crippen LogP contribution in [0.3, 0.4) is 0 Å². The monoisotopic (exact) mass is 282 g/mol. The van der Waals surface area contributed by atoms with E-state index in [1.54, 1.807) is 0 Å². The van der Waals surface area contributed by atoms with Gasteiger partial charge in [-0.15, -0.1) is 0 Å². The molecule has 2 nitrogen and oxygen atoms in total. The van der Waals surface area contributed by atoms with E-state index in [0.717, 1.165) is 23.4 Å². The third-order valence-electron chi connectivity index (χ3n) is 5.46. The van der Waals surface area contributed by atoms with E-state index >= 15 is 0 Å². The molecule has 0 aromatic carbocycles. The Morgan fingerprint density at radius 1 is 1.05 bits per heavy atom. The Morgan fingerprint density at radius 3 is 2.79 bits per heavy atom. The van der Waals surface area contributed by atoms with Crippen LogP contribution in [0, 0.1) is 0 Å². The molecule has 0 radical (unpaired) electrons. The van der Waals surface area contributed by atoms with Crippen LogP contribution in [-0.4, -0.2) is 58.6 Å². The average molecular weight is 282 g/mol. The number of thioether (sulfide) groups is 1. The lowest BCUT2D eigenvalue weighted by molar-refractivity contribution is -0.00525. The molecule has 1 aliphatic carbocycles. The molecule has 3 fully saturated rings. The lowest BCUT2D eigenvalue weighted by atomic mass is 9.95. The SMILES string of the molecule is CCSC1CCCC1N1CC2CCCCN2CC1C. The lowest BCUT2D eigenvalue weighted by Gasteiger charge is -2.50. The fourth-order valence-corrected chi connectivity index (χ4v) is 5.81. The molecule has 0 N–H and O–H groups in total. The van der Waals surface area contributed by atoms with E-state index < -0.39 is 0 Å². The van der Waals surface area contributed by atoms with Gasteiger partial charge in [-0.05, 0) is 44.9 Å². The second kappa shape index (κ2) is 6.36. The van der Waals surface area contributed by atoms with E-state index in [1.807, 2.05) is 0 Å². The first-order valence-electron chi connectivity index (χ1n) is 8.41. The summed E-state index contributed by atoms with van der Waals surface area (Å²) in [5, 5.41) is 0.919. The maximum atomic E-state index is 2.90. The van der Waals surface area contributed by atoms with Crippen LogP contribution in [0.5, 0.6) is 0 Å². The van der Waals surface area contributed by atoms with E-state index in [9.17, 15) is 0 Å². The molecule has 0 aromatic rings. The minimum atomic E-state index is 0.775. The first-order valence-corrected chi connectivity index (χ1v) is 9.46. The number of rotatable bonds is 3. The van der Waals surface area contributed by atoms with Crippen molar-refractivity contribution in [2.45, 2.75) is 75.7 Å². The van der Waals surface area contributed by atoms with Gasteiger partial charge in [-0.2, -0.15) is 11.8 Å². The normalized spacial score (nSPS) is 41.4. The maximum Gasteiger partial charge on any atom is 0.0224 e. The molecule has 0 aromatic heterocycles. The highest BCUT2D eigenvalue weighted by molar-refractivity contribution is 7.99. The van der Waals surface area contributed by atoms with E-state index in [2.05, 4.69) is 35.4 Å². The van der Waals surface area contributed by atoms with Gasteiger partial charge in [0.25, 0.3) is 0 Å². The molecule has 0 bridgehead atoms. The summed E-state index contributed by atoms with van der Waals surface area (Å²) in [6, 6.07) is 2.53. The number of fused-ring (bicyclic) bond motifs is 1. The topological polar surface area (TPSA) is 6.48 Å². The molecule has 2 heterocycles. The molecule has 0 spiro atoms. The van der Waals surface area contributed by atoms with Crippen LogP contribution in [0.15, 0.2) is 0 Å². The molecule has 110 valence electrons. The fraction of sp³-hybridized carbons (Fsp3) is 1.00. The summed E-state index contributed by atoms with van der Waals surface area (Å²) in [6.45, 7) is 8.83. The standard InChI is InChI=1S/C16H30N2S/c1-3-19-16-9-6-8-15(16)18-12-14-7-4-5-10-17(14)11-13(18)2/h13-16H,3-12H2,1-2H3. The van der Waals surface area contributed by atoms with Crippen molar-refractivity contribution in [3.8, 4) is 0 Å². The number of nitrogens with zero attached hydrogens (tertiary/aromatic N) is 2. The number of piperidine rings is 1. The maximum absolute atomic E-state index is 2.90. The van der Waals surface area contributed by atoms with Crippen LogP contribution >= 0.6 is 11.8 Å². The van der Waals surface area contributed by atoms with Gasteiger partial charge in [-0.25, -0.2) is 0 Å². The van der Waals surface area contributed by atoms with Crippen LogP contribution in [0.1, 0.15) is 52.4 Å². The number of piperazine rings is 1. The summed E-state index contributed by atoms with van der Waals surface area (Å²) < 4.78 is 0. The van der Waals surface area contributed by atoms with Gasteiger partial charge in [-0.3, -0.25) is 9.80 Å². The Bertz CT molecular complexity index is 296. The van der Waals surface area contributed by atoms with Gasteiger partial charge in [0.2, 0.25) is 0 Å². The number of hydrogen-bond donors (Lipinski definition) is 0. The van der Waals surface area contributed by atoms with Gasteiger partial charge < -0.3 is 0 Å². The average Bonchev–Trinajstić information content (AvgIpc) is 2.86. The Kier molecular flexibility index (Phi) is 4.76. The Labute approximate surface area is 123 Å². The van der Waals surface area contributed by atoms with E-state index in [1.165, 1.54) is 63.9 Å². The van der Waals surface area contributed by atoms with Crippen molar-refractivity contribution < 1.29 is 0 Å². The van der Waals surface area contributed by atoms with Gasteiger partial charge in [0.05, 0.1) is 0 Å². The predicted molar refractivity (Wildman–Crippen MR) is 84.9 cm³/mol. The molecule has 2 aliphatic heterocycles. The first kappa shape index (κ1) is 14.2. The van der Waals surface area contributed by atoms with Gasteiger partial charge in [0.15, 0.2) is 0 Å². The molecular weight excluding hydrogens is 252 g/mol. The molecule has 3 aliphatic rings. The van der Waals surface area contributed by atoms with Crippen LogP contribution < -0.4 is 0 Å². The summed E-state index contributed by atoms with van der Waals surface area (Å²) in [7, 11) is 0. The summed E-state index contributed by atoms with van der Waals surface area (Å²) >= 11 is 2.22. The van der Waals surface area contributed by atoms with Gasteiger partial charge in [0.1, 0.15) is 0 Å². The third kappa shape index (κ3) is 2.98. The Hall–Kier alpha value is 0.270. The Balaban J connectivity index is 1.66. The zero-order valence-corrected chi connectivity index (χ0v) is 13.5. The summed E-state index contributed by atoms with van der Waals surface area (Å²) in [5.41, 5.74) is 0. The highest BCUT2D eigenvalue weighted by Gasteiger charge is 2.40. The molecule has 19 heavy (non-hydrogen) atoms. The Morgan fingerprint density at radius 2 is 1.95 bits per heavy atom. The zero-order valence-electron chi connectivity index (χ0n) is 12.7. The number of hydrogen-bond acceptors (Lipinski definition) is 3. The van der Waals surface area contributed by atoms with Crippen molar-refractivity contribution in [3.63, 3.8) is 0 Å². The summed E-state index contributed by atoms with van der Waals surface area (Å²) in [4.78, 5) is 5.68. The van der Waals surface area contributed by atoms with Crippen molar-refractivity contribution in [2.24, 2.45) is 0 Å². The fourth-order valence-electron chi connectivity index (χ4n) is 4.53. The summed E-state index contributed by atoms with van der Waals surface area (Å²) in [6.07, 6.45) is 8.71. The smallest absolute Gasteiger partial charge is 0.0224 e. The van der Waals surface area contributed by atoms with E-state index in [4.69, 9.17) is 0 Å². The van der Waals surface area contributed by atoms with Crippen molar-refractivity contribution in [2.75, 3.05) is 25.4 Å². The van der Waals surface area contributed by atoms with E-state index in [-0.39, 0.29) is 0 Å². The molecular formula is C16H30N2S. The van der Waals surface area contributed by atoms with Crippen molar-refractivity contribution in [3.05, 3.63) is 0 Å². The highest BCUT2D eigenvalue weighted by Crippen LogP contribution is 2.36. The quantitative estimate of drug-likeness (QED) is 0.785. The first-order chi connectivity index (χ1) is 9.29. The van der Waals surface area contributed by atoms with E-state index in [0.29, 0.717) is 0 Å². The molecule has 1 saturated carbocycles. The molecule has 3 rings (SSSR count). The van der Waals surface area contributed by atoms with Crippen molar-refractivity contribution in [1.29, 1.82) is 0 Å². The predicted octanol–water partition coefficient (Wildman–Crippen LogP) is 3.22. The van der Waals surface area contributed by atoms with Crippen LogP contribution in [0.2, 0.25) is 0 Å². The van der Waals surface area contributed by atoms with Crippen molar-refractivity contribution in [1.82, 2.24) is 9.80 Å². The minimum absolute atomic E-state index is 0.775. The zero-order chi connectivity index (χ0) is 13.2.